The van der Waals surface area contributed by atoms with Crippen molar-refractivity contribution in [3.63, 3.8) is 0 Å². The van der Waals surface area contributed by atoms with Crippen molar-refractivity contribution in [3.8, 4) is 0 Å². The van der Waals surface area contributed by atoms with Crippen LogP contribution >= 0.6 is 11.8 Å². The van der Waals surface area contributed by atoms with Gasteiger partial charge in [0, 0.05) is 11.3 Å². The van der Waals surface area contributed by atoms with Gasteiger partial charge in [0.25, 0.3) is 0 Å². The monoisotopic (exact) mass is 425 g/mol. The first-order valence-electron chi connectivity index (χ1n) is 8.73. The SMILES string of the molecule is C=CCn1c([C@@H](O)[C@@H]2C(=O)N3[C@@H]2SC(C)(C)[C@@H]3C(=O)[O-])nc2ccccc21.[K+]. The predicted molar refractivity (Wildman–Crippen MR) is 99.5 cm³/mol. The molecule has 0 saturated carbocycles. The molecule has 0 radical (unpaired) electrons. The summed E-state index contributed by atoms with van der Waals surface area (Å²) in [6, 6.07) is 6.49. The average Bonchev–Trinajstić information content (AvgIpc) is 3.08. The predicted octanol–water partition coefficient (Wildman–Crippen LogP) is -2.31. The van der Waals surface area contributed by atoms with Crippen molar-refractivity contribution in [3.05, 3.63) is 42.7 Å². The molecule has 7 nitrogen and oxygen atoms in total. The van der Waals surface area contributed by atoms with Crippen molar-refractivity contribution in [2.45, 2.75) is 42.7 Å². The number of thioether (sulfide) groups is 1. The van der Waals surface area contributed by atoms with Crippen LogP contribution < -0.4 is 56.5 Å². The first-order chi connectivity index (χ1) is 12.8. The number of carboxylic acid groups (broad SMARTS) is 1. The Morgan fingerprint density at radius 1 is 1.46 bits per heavy atom. The first-order valence-corrected chi connectivity index (χ1v) is 9.61. The molecule has 0 spiro atoms. The molecule has 1 N–H and O–H groups in total. The number of hydrogen-bond donors (Lipinski definition) is 1. The minimum atomic E-state index is -1.27. The smallest absolute Gasteiger partial charge is 0.548 e. The van der Waals surface area contributed by atoms with E-state index in [-0.39, 0.29) is 57.3 Å². The molecule has 4 atom stereocenters. The third-order valence-electron chi connectivity index (χ3n) is 5.31. The Balaban J connectivity index is 0.00000225. The number of para-hydroxylation sites is 2. The maximum atomic E-state index is 12.7. The molecule has 28 heavy (non-hydrogen) atoms. The number of carbonyl (C=O) groups excluding carboxylic acids is 2. The molecule has 1 aromatic heterocycles. The molecule has 4 rings (SSSR count). The minimum Gasteiger partial charge on any atom is -0.548 e. The van der Waals surface area contributed by atoms with Crippen molar-refractivity contribution in [2.75, 3.05) is 0 Å². The molecule has 2 aromatic rings. The fourth-order valence-corrected chi connectivity index (χ4v) is 5.83. The Hall–Kier alpha value is -0.684. The van der Waals surface area contributed by atoms with Crippen molar-refractivity contribution >= 4 is 34.7 Å². The largest absolute Gasteiger partial charge is 1.00 e. The van der Waals surface area contributed by atoms with Crippen molar-refractivity contribution in [1.82, 2.24) is 14.5 Å². The van der Waals surface area contributed by atoms with E-state index in [1.165, 1.54) is 16.7 Å². The van der Waals surface area contributed by atoms with Crippen LogP contribution in [0.4, 0.5) is 0 Å². The van der Waals surface area contributed by atoms with Gasteiger partial charge in [0.15, 0.2) is 0 Å². The summed E-state index contributed by atoms with van der Waals surface area (Å²) in [5.74, 6) is -1.99. The Morgan fingerprint density at radius 2 is 2.14 bits per heavy atom. The Bertz CT molecular complexity index is 960. The molecule has 0 aliphatic carbocycles. The average molecular weight is 426 g/mol. The summed E-state index contributed by atoms with van der Waals surface area (Å²) in [5.41, 5.74) is 1.58. The number of imidazole rings is 1. The third kappa shape index (κ3) is 3.21. The second-order valence-electron chi connectivity index (χ2n) is 7.41. The molecule has 2 aliphatic heterocycles. The van der Waals surface area contributed by atoms with E-state index in [2.05, 4.69) is 11.6 Å². The summed E-state index contributed by atoms with van der Waals surface area (Å²) in [7, 11) is 0. The third-order valence-corrected chi connectivity index (χ3v) is 6.90. The van der Waals surface area contributed by atoms with E-state index in [1.54, 1.807) is 19.9 Å². The van der Waals surface area contributed by atoms with Gasteiger partial charge in [-0.25, -0.2) is 4.98 Å². The molecule has 1 amide bonds. The summed E-state index contributed by atoms with van der Waals surface area (Å²) in [4.78, 5) is 30.2. The van der Waals surface area contributed by atoms with Gasteiger partial charge < -0.3 is 24.5 Å². The fraction of sp³-hybridized carbons (Fsp3) is 0.421. The van der Waals surface area contributed by atoms with Gasteiger partial charge in [-0.15, -0.1) is 18.3 Å². The molecule has 2 saturated heterocycles. The number of fused-ring (bicyclic) bond motifs is 2. The Morgan fingerprint density at radius 3 is 2.79 bits per heavy atom. The maximum absolute atomic E-state index is 12.7. The molecule has 142 valence electrons. The van der Waals surface area contributed by atoms with Gasteiger partial charge >= 0.3 is 51.4 Å². The van der Waals surface area contributed by atoms with E-state index in [0.717, 1.165) is 11.0 Å². The Kier molecular flexibility index (Phi) is 6.18. The van der Waals surface area contributed by atoms with Gasteiger partial charge in [0.1, 0.15) is 17.8 Å². The van der Waals surface area contributed by atoms with E-state index in [9.17, 15) is 19.8 Å². The first kappa shape index (κ1) is 22.0. The van der Waals surface area contributed by atoms with Crippen molar-refractivity contribution in [2.24, 2.45) is 5.92 Å². The zero-order chi connectivity index (χ0) is 19.5. The summed E-state index contributed by atoms with van der Waals surface area (Å²) in [6.07, 6.45) is 0.577. The Labute approximate surface area is 209 Å². The summed E-state index contributed by atoms with van der Waals surface area (Å²) < 4.78 is 1.15. The van der Waals surface area contributed by atoms with Gasteiger partial charge in [-0.05, 0) is 26.0 Å². The van der Waals surface area contributed by atoms with Gasteiger partial charge in [-0.1, -0.05) is 18.2 Å². The number of nitrogens with zero attached hydrogens (tertiary/aromatic N) is 3. The summed E-state index contributed by atoms with van der Waals surface area (Å²) in [6.45, 7) is 7.76. The number of rotatable bonds is 5. The topological polar surface area (TPSA) is 98.5 Å². The van der Waals surface area contributed by atoms with Crippen LogP contribution in [-0.2, 0) is 16.1 Å². The number of aliphatic hydroxyl groups is 1. The van der Waals surface area contributed by atoms with Crippen molar-refractivity contribution in [1.29, 1.82) is 0 Å². The van der Waals surface area contributed by atoms with Crippen LogP contribution in [0.5, 0.6) is 0 Å². The zero-order valence-electron chi connectivity index (χ0n) is 16.0. The fourth-order valence-electron chi connectivity index (χ4n) is 4.12. The number of amides is 1. The molecule has 2 fully saturated rings. The number of hydrogen-bond acceptors (Lipinski definition) is 6. The van der Waals surface area contributed by atoms with Crippen LogP contribution in [0.25, 0.3) is 11.0 Å². The summed E-state index contributed by atoms with van der Waals surface area (Å²) in [5, 5.41) is 22.2. The molecule has 0 bridgehead atoms. The molecular weight excluding hydrogens is 405 g/mol. The van der Waals surface area contributed by atoms with Crippen LogP contribution in [-0.4, -0.2) is 47.6 Å². The van der Waals surface area contributed by atoms with Gasteiger partial charge in [0.2, 0.25) is 5.91 Å². The number of aliphatic carboxylic acids is 1. The molecule has 1 aromatic carbocycles. The molecule has 9 heteroatoms. The van der Waals surface area contributed by atoms with E-state index in [1.807, 2.05) is 28.8 Å². The zero-order valence-corrected chi connectivity index (χ0v) is 20.0. The van der Waals surface area contributed by atoms with Crippen molar-refractivity contribution < 1.29 is 71.2 Å². The van der Waals surface area contributed by atoms with Crippen LogP contribution in [0.15, 0.2) is 36.9 Å². The number of β-lactam (4-membered cyclic amide) rings is 1. The second-order valence-corrected chi connectivity index (χ2v) is 9.18. The van der Waals surface area contributed by atoms with Crippen LogP contribution in [0, 0.1) is 5.92 Å². The number of aromatic nitrogens is 2. The van der Waals surface area contributed by atoms with Gasteiger partial charge in [0.05, 0.1) is 28.4 Å². The molecule has 0 unspecified atom stereocenters. The van der Waals surface area contributed by atoms with Crippen LogP contribution in [0.3, 0.4) is 0 Å². The normalized spacial score (nSPS) is 26.3. The van der Waals surface area contributed by atoms with Gasteiger partial charge in [-0.2, -0.15) is 0 Å². The van der Waals surface area contributed by atoms with E-state index in [4.69, 9.17) is 0 Å². The van der Waals surface area contributed by atoms with E-state index >= 15 is 0 Å². The van der Waals surface area contributed by atoms with E-state index < -0.39 is 34.2 Å². The number of allylic oxidation sites excluding steroid dienone is 1. The minimum absolute atomic E-state index is 0. The summed E-state index contributed by atoms with van der Waals surface area (Å²) >= 11 is 1.38. The second kappa shape index (κ2) is 7.86. The van der Waals surface area contributed by atoms with E-state index in [0.29, 0.717) is 12.4 Å². The van der Waals surface area contributed by atoms with Gasteiger partial charge in [-0.3, -0.25) is 4.79 Å². The molecule has 3 heterocycles. The quantitative estimate of drug-likeness (QED) is 0.328. The number of carbonyl (C=O) groups is 2. The maximum Gasteiger partial charge on any atom is 1.00 e. The van der Waals surface area contributed by atoms with Crippen LogP contribution in [0.1, 0.15) is 25.8 Å². The molecular formula is C19H20KN3O4S. The number of carboxylic acids is 1. The number of aliphatic hydroxyl groups excluding tert-OH is 1. The number of benzene rings is 1. The van der Waals surface area contributed by atoms with Crippen LogP contribution in [0.2, 0.25) is 0 Å². The molecule has 2 aliphatic rings. The standard InChI is InChI=1S/C19H21N3O4S.K/c1-4-9-21-11-8-6-5-7-10(11)20-15(21)13(23)12-16(24)22-14(18(25)26)19(2,3)27-17(12)22;/h4-8,12-14,17,23H,1,9H2,2-3H3,(H,25,26);/q;+1/p-1/t12-,13+,14+,17-;/m1./s1.